The quantitative estimate of drug-likeness (QED) is 0.234. The molecule has 5 rings (SSSR count). The van der Waals surface area contributed by atoms with Gasteiger partial charge < -0.3 is 24.6 Å². The lowest BCUT2D eigenvalue weighted by Crippen LogP contribution is -2.17. The lowest BCUT2D eigenvalue weighted by molar-refractivity contribution is 0.102. The average Bonchev–Trinajstić information content (AvgIpc) is 2.99. The highest BCUT2D eigenvalue weighted by Gasteiger charge is 2.20. The minimum atomic E-state index is -0.767. The number of pyridine rings is 1. The molecule has 0 spiro atoms. The van der Waals surface area contributed by atoms with Crippen molar-refractivity contribution >= 4 is 22.5 Å². The Kier molecular flexibility index (Phi) is 7.97. The monoisotopic (exact) mass is 558 g/mol. The molecule has 208 valence electrons. The van der Waals surface area contributed by atoms with Gasteiger partial charge in [0.15, 0.2) is 23.1 Å². The molecule has 0 aliphatic rings. The van der Waals surface area contributed by atoms with E-state index in [9.17, 15) is 14.3 Å². The summed E-state index contributed by atoms with van der Waals surface area (Å²) in [5.74, 6) is -1.27. The summed E-state index contributed by atoms with van der Waals surface area (Å²) in [5.41, 5.74) is 1.85. The van der Waals surface area contributed by atoms with E-state index in [2.05, 4.69) is 20.3 Å². The molecule has 5 aromatic rings. The largest absolute Gasteiger partial charge is 0.493 e. The summed E-state index contributed by atoms with van der Waals surface area (Å²) in [7, 11) is 1.46. The van der Waals surface area contributed by atoms with Crippen LogP contribution >= 0.6 is 0 Å². The summed E-state index contributed by atoms with van der Waals surface area (Å²) in [4.78, 5) is 25.6. The van der Waals surface area contributed by atoms with Crippen LogP contribution in [0.2, 0.25) is 0 Å². The van der Waals surface area contributed by atoms with Crippen LogP contribution < -0.4 is 19.5 Å². The molecular weight excluding hydrogens is 534 g/mol. The van der Waals surface area contributed by atoms with Crippen LogP contribution in [0.5, 0.6) is 23.1 Å². The van der Waals surface area contributed by atoms with Crippen LogP contribution in [0.3, 0.4) is 0 Å². The predicted octanol–water partition coefficient (Wildman–Crippen LogP) is 5.78. The first-order valence-electron chi connectivity index (χ1n) is 12.5. The van der Waals surface area contributed by atoms with Crippen LogP contribution in [0.4, 0.5) is 14.5 Å². The maximum absolute atomic E-state index is 15.2. The second-order valence-corrected chi connectivity index (χ2v) is 8.90. The lowest BCUT2D eigenvalue weighted by atomic mass is 10.1. The third-order valence-electron chi connectivity index (χ3n) is 6.00. The molecule has 1 atom stereocenters. The van der Waals surface area contributed by atoms with Gasteiger partial charge in [0.05, 0.1) is 24.9 Å². The van der Waals surface area contributed by atoms with Gasteiger partial charge in [0, 0.05) is 17.3 Å². The minimum Gasteiger partial charge on any atom is -0.493 e. The van der Waals surface area contributed by atoms with Crippen molar-refractivity contribution in [2.75, 3.05) is 19.0 Å². The first kappa shape index (κ1) is 27.4. The standard InChI is InChI=1S/C30H24F2N4O5/c1-17(15-37)40-28-26(39-2)13-11-23-27(28)30(34-16-33-23)41-25-12-10-20(14-21(25)32)35-29(38)24-5-3-4-22(36-24)18-6-8-19(31)9-7-18/h3-14,16-17,37H,15H2,1-2H3,(H,35,38)/t17-/m1/s1. The van der Waals surface area contributed by atoms with Gasteiger partial charge in [-0.15, -0.1) is 0 Å². The van der Waals surface area contributed by atoms with Crippen molar-refractivity contribution in [3.8, 4) is 34.4 Å². The molecule has 2 heterocycles. The number of hydrogen-bond acceptors (Lipinski definition) is 8. The number of carbonyl (C=O) groups excluding carboxylic acids is 1. The molecule has 2 aromatic heterocycles. The SMILES string of the molecule is COc1ccc2ncnc(Oc3ccc(NC(=O)c4cccc(-c5ccc(F)cc5)n4)cc3F)c2c1O[C@H](C)CO. The fourth-order valence-electron chi connectivity index (χ4n) is 3.97. The Balaban J connectivity index is 1.38. The summed E-state index contributed by atoms with van der Waals surface area (Å²) < 4.78 is 45.5. The Morgan fingerprint density at radius 1 is 1.00 bits per heavy atom. The number of aromatic nitrogens is 3. The highest BCUT2D eigenvalue weighted by Crippen LogP contribution is 2.41. The third-order valence-corrected chi connectivity index (χ3v) is 6.00. The maximum Gasteiger partial charge on any atom is 0.274 e. The molecule has 2 N–H and O–H groups in total. The number of amides is 1. The summed E-state index contributed by atoms with van der Waals surface area (Å²) >= 11 is 0. The van der Waals surface area contributed by atoms with Gasteiger partial charge in [0.1, 0.15) is 29.3 Å². The first-order chi connectivity index (χ1) is 19.9. The molecule has 0 radical (unpaired) electrons. The van der Waals surface area contributed by atoms with E-state index in [1.807, 2.05) is 0 Å². The normalized spacial score (nSPS) is 11.6. The van der Waals surface area contributed by atoms with E-state index < -0.39 is 17.8 Å². The fourth-order valence-corrected chi connectivity index (χ4v) is 3.97. The van der Waals surface area contributed by atoms with E-state index >= 15 is 4.39 Å². The zero-order valence-corrected chi connectivity index (χ0v) is 22.0. The molecule has 9 nitrogen and oxygen atoms in total. The lowest BCUT2D eigenvalue weighted by Gasteiger charge is -2.18. The summed E-state index contributed by atoms with van der Waals surface area (Å²) in [5, 5.41) is 12.4. The smallest absolute Gasteiger partial charge is 0.274 e. The molecule has 41 heavy (non-hydrogen) atoms. The van der Waals surface area contributed by atoms with E-state index in [1.165, 1.54) is 43.8 Å². The van der Waals surface area contributed by atoms with Crippen LogP contribution in [0.25, 0.3) is 22.2 Å². The van der Waals surface area contributed by atoms with Crippen molar-refractivity contribution < 1.29 is 32.9 Å². The van der Waals surface area contributed by atoms with Crippen LogP contribution in [-0.2, 0) is 0 Å². The number of methoxy groups -OCH3 is 1. The van der Waals surface area contributed by atoms with E-state index in [0.717, 1.165) is 6.07 Å². The van der Waals surface area contributed by atoms with E-state index in [1.54, 1.807) is 43.3 Å². The Morgan fingerprint density at radius 3 is 2.51 bits per heavy atom. The number of hydrogen-bond donors (Lipinski definition) is 2. The number of nitrogens with zero attached hydrogens (tertiary/aromatic N) is 3. The summed E-state index contributed by atoms with van der Waals surface area (Å²) in [6.45, 7) is 1.42. The van der Waals surface area contributed by atoms with Gasteiger partial charge in [-0.05, 0) is 67.6 Å². The highest BCUT2D eigenvalue weighted by molar-refractivity contribution is 6.03. The van der Waals surface area contributed by atoms with Crippen LogP contribution in [0.15, 0.2) is 79.1 Å². The van der Waals surface area contributed by atoms with Gasteiger partial charge in [-0.25, -0.2) is 23.7 Å². The van der Waals surface area contributed by atoms with Gasteiger partial charge in [0.25, 0.3) is 5.91 Å². The number of aliphatic hydroxyl groups excluding tert-OH is 1. The molecule has 0 fully saturated rings. The minimum absolute atomic E-state index is 0.00605. The third kappa shape index (κ3) is 6.04. The van der Waals surface area contributed by atoms with E-state index in [4.69, 9.17) is 14.2 Å². The molecule has 0 bridgehead atoms. The van der Waals surface area contributed by atoms with Gasteiger partial charge in [0.2, 0.25) is 5.88 Å². The zero-order chi connectivity index (χ0) is 28.9. The van der Waals surface area contributed by atoms with Crippen molar-refractivity contribution in [2.24, 2.45) is 0 Å². The predicted molar refractivity (Wildman–Crippen MR) is 147 cm³/mol. The van der Waals surface area contributed by atoms with Crippen molar-refractivity contribution in [3.63, 3.8) is 0 Å². The van der Waals surface area contributed by atoms with Crippen LogP contribution in [0.1, 0.15) is 17.4 Å². The number of benzene rings is 3. The maximum atomic E-state index is 15.2. The fraction of sp³-hybridized carbons (Fsp3) is 0.133. The Labute approximate surface area is 233 Å². The number of nitrogens with one attached hydrogen (secondary N) is 1. The topological polar surface area (TPSA) is 116 Å². The number of fused-ring (bicyclic) bond motifs is 1. The van der Waals surface area contributed by atoms with Gasteiger partial charge in [-0.1, -0.05) is 6.07 Å². The zero-order valence-electron chi connectivity index (χ0n) is 22.0. The molecule has 0 saturated heterocycles. The van der Waals surface area contributed by atoms with Crippen LogP contribution in [0, 0.1) is 11.6 Å². The van der Waals surface area contributed by atoms with Crippen molar-refractivity contribution in [2.45, 2.75) is 13.0 Å². The molecule has 0 unspecified atom stereocenters. The summed E-state index contributed by atoms with van der Waals surface area (Å²) in [6.07, 6.45) is 0.691. The molecular formula is C30H24F2N4O5. The number of rotatable bonds is 9. The van der Waals surface area contributed by atoms with Crippen LogP contribution in [-0.4, -0.2) is 45.8 Å². The average molecular weight is 559 g/mol. The number of ether oxygens (including phenoxy) is 3. The van der Waals surface area contributed by atoms with E-state index in [0.29, 0.717) is 27.9 Å². The Bertz CT molecular complexity index is 1720. The molecule has 0 saturated carbocycles. The second-order valence-electron chi connectivity index (χ2n) is 8.90. The van der Waals surface area contributed by atoms with Gasteiger partial charge >= 0.3 is 0 Å². The molecule has 3 aromatic carbocycles. The molecule has 1 amide bonds. The van der Waals surface area contributed by atoms with E-state index in [-0.39, 0.29) is 41.2 Å². The molecule has 11 heteroatoms. The number of anilines is 1. The number of aliphatic hydroxyl groups is 1. The van der Waals surface area contributed by atoms with Crippen molar-refractivity contribution in [3.05, 3.63) is 96.5 Å². The Hall–Kier alpha value is -5.16. The van der Waals surface area contributed by atoms with Crippen molar-refractivity contribution in [1.29, 1.82) is 0 Å². The highest BCUT2D eigenvalue weighted by atomic mass is 19.1. The second kappa shape index (κ2) is 11.9. The number of carbonyl (C=O) groups is 1. The summed E-state index contributed by atoms with van der Waals surface area (Å²) in [6, 6.07) is 17.8. The van der Waals surface area contributed by atoms with Gasteiger partial charge in [-0.3, -0.25) is 4.79 Å². The first-order valence-corrected chi connectivity index (χ1v) is 12.5. The Morgan fingerprint density at radius 2 is 1.78 bits per heavy atom. The molecule has 0 aliphatic carbocycles. The van der Waals surface area contributed by atoms with Crippen molar-refractivity contribution in [1.82, 2.24) is 15.0 Å². The molecule has 0 aliphatic heterocycles. The van der Waals surface area contributed by atoms with Gasteiger partial charge in [-0.2, -0.15) is 0 Å². The number of halogens is 2.